The number of hydrogen-bond donors (Lipinski definition) is 1. The lowest BCUT2D eigenvalue weighted by Gasteiger charge is -2.27. The molecule has 4 aromatic rings. The fourth-order valence-electron chi connectivity index (χ4n) is 3.97. The Balaban J connectivity index is 1.41. The van der Waals surface area contributed by atoms with Crippen molar-refractivity contribution >= 4 is 35.0 Å². The molecule has 0 spiro atoms. The molecule has 3 aromatic heterocycles. The topological polar surface area (TPSA) is 106 Å². The molecular weight excluding hydrogens is 452 g/mol. The number of aromatic nitrogens is 4. The van der Waals surface area contributed by atoms with Gasteiger partial charge in [-0.25, -0.2) is 0 Å². The van der Waals surface area contributed by atoms with E-state index in [9.17, 15) is 9.59 Å². The number of thioether (sulfide) groups is 1. The van der Waals surface area contributed by atoms with E-state index in [2.05, 4.69) is 20.5 Å². The molecule has 1 aliphatic rings. The lowest BCUT2D eigenvalue weighted by Crippen LogP contribution is -2.40. The van der Waals surface area contributed by atoms with Crippen molar-refractivity contribution in [3.05, 3.63) is 72.9 Å². The maximum absolute atomic E-state index is 13.4. The summed E-state index contributed by atoms with van der Waals surface area (Å²) in [4.78, 5) is 31.5. The Morgan fingerprint density at radius 1 is 1.18 bits per heavy atom. The van der Waals surface area contributed by atoms with Crippen LogP contribution in [0.3, 0.4) is 0 Å². The molecule has 2 amide bonds. The number of hydrogen-bond acceptors (Lipinski definition) is 7. The van der Waals surface area contributed by atoms with Crippen molar-refractivity contribution in [1.29, 1.82) is 0 Å². The van der Waals surface area contributed by atoms with Crippen molar-refractivity contribution in [2.45, 2.75) is 31.1 Å². The summed E-state index contributed by atoms with van der Waals surface area (Å²) in [5, 5.41) is 12.2. The van der Waals surface area contributed by atoms with Gasteiger partial charge in [0.1, 0.15) is 5.76 Å². The smallest absolute Gasteiger partial charge is 0.237 e. The van der Waals surface area contributed by atoms with Crippen molar-refractivity contribution in [3.63, 3.8) is 0 Å². The van der Waals surface area contributed by atoms with Crippen molar-refractivity contribution < 1.29 is 14.0 Å². The Bertz CT molecular complexity index is 1310. The van der Waals surface area contributed by atoms with Gasteiger partial charge in [0.2, 0.25) is 11.8 Å². The SMILES string of the molecule is CC1CC(=O)Nc2ccccc2N1C(=O)CSc1nnc(-c2cccnc2)n1Cc1ccco1. The number of rotatable bonds is 6. The van der Waals surface area contributed by atoms with E-state index in [1.54, 1.807) is 29.6 Å². The van der Waals surface area contributed by atoms with Crippen LogP contribution in [-0.4, -0.2) is 43.4 Å². The number of fused-ring (bicyclic) bond motifs is 1. The maximum atomic E-state index is 13.4. The zero-order chi connectivity index (χ0) is 23.5. The Morgan fingerprint density at radius 3 is 2.85 bits per heavy atom. The first-order valence-corrected chi connectivity index (χ1v) is 11.8. The third kappa shape index (κ3) is 4.44. The minimum absolute atomic E-state index is 0.109. The highest BCUT2D eigenvalue weighted by molar-refractivity contribution is 7.99. The van der Waals surface area contributed by atoms with Gasteiger partial charge in [-0.05, 0) is 43.3 Å². The Kier molecular flexibility index (Phi) is 6.13. The van der Waals surface area contributed by atoms with Gasteiger partial charge in [-0.15, -0.1) is 10.2 Å². The number of para-hydroxylation sites is 2. The van der Waals surface area contributed by atoms with Crippen molar-refractivity contribution in [1.82, 2.24) is 19.7 Å². The van der Waals surface area contributed by atoms with Crippen LogP contribution in [0.25, 0.3) is 11.4 Å². The van der Waals surface area contributed by atoms with E-state index in [0.29, 0.717) is 28.9 Å². The van der Waals surface area contributed by atoms with E-state index >= 15 is 0 Å². The molecule has 10 heteroatoms. The molecule has 0 aliphatic carbocycles. The molecule has 34 heavy (non-hydrogen) atoms. The monoisotopic (exact) mass is 474 g/mol. The number of pyridine rings is 1. The summed E-state index contributed by atoms with van der Waals surface area (Å²) in [5.41, 5.74) is 2.15. The van der Waals surface area contributed by atoms with Crippen LogP contribution in [0.5, 0.6) is 0 Å². The lowest BCUT2D eigenvalue weighted by atomic mass is 10.2. The summed E-state index contributed by atoms with van der Waals surface area (Å²) in [6, 6.07) is 14.5. The van der Waals surface area contributed by atoms with Gasteiger partial charge in [0.15, 0.2) is 11.0 Å². The predicted octanol–water partition coefficient (Wildman–Crippen LogP) is 3.84. The van der Waals surface area contributed by atoms with Crippen molar-refractivity contribution in [2.24, 2.45) is 0 Å². The first kappa shape index (κ1) is 21.9. The van der Waals surface area contributed by atoms with Gasteiger partial charge >= 0.3 is 0 Å². The van der Waals surface area contributed by atoms with Crippen LogP contribution >= 0.6 is 11.8 Å². The standard InChI is InChI=1S/C24H22N6O3S/c1-16-12-21(31)26-19-8-2-3-9-20(19)30(16)22(32)15-34-24-28-27-23(17-6-4-10-25-13-17)29(24)14-18-7-5-11-33-18/h2-11,13,16H,12,14-15H2,1H3,(H,26,31). The second-order valence-electron chi connectivity index (χ2n) is 7.88. The van der Waals surface area contributed by atoms with E-state index < -0.39 is 0 Å². The van der Waals surface area contributed by atoms with Gasteiger partial charge in [0.25, 0.3) is 0 Å². The number of anilines is 2. The summed E-state index contributed by atoms with van der Waals surface area (Å²) in [7, 11) is 0. The molecule has 1 unspecified atom stereocenters. The number of carbonyl (C=O) groups excluding carboxylic acids is 2. The molecule has 0 fully saturated rings. The first-order valence-electron chi connectivity index (χ1n) is 10.8. The van der Waals surface area contributed by atoms with Crippen molar-refractivity contribution in [3.8, 4) is 11.4 Å². The number of nitrogens with one attached hydrogen (secondary N) is 1. The summed E-state index contributed by atoms with van der Waals surface area (Å²) in [6.45, 7) is 2.30. The molecule has 172 valence electrons. The summed E-state index contributed by atoms with van der Waals surface area (Å²) >= 11 is 1.30. The number of carbonyl (C=O) groups is 2. The molecule has 1 aliphatic heterocycles. The zero-order valence-electron chi connectivity index (χ0n) is 18.4. The summed E-state index contributed by atoms with van der Waals surface area (Å²) in [6.07, 6.45) is 5.27. The van der Waals surface area contributed by atoms with E-state index in [1.807, 2.05) is 54.0 Å². The number of amides is 2. The lowest BCUT2D eigenvalue weighted by molar-refractivity contribution is -0.117. The van der Waals surface area contributed by atoms with Crippen LogP contribution in [0, 0.1) is 0 Å². The van der Waals surface area contributed by atoms with Gasteiger partial charge in [-0.2, -0.15) is 0 Å². The van der Waals surface area contributed by atoms with E-state index in [-0.39, 0.29) is 30.0 Å². The van der Waals surface area contributed by atoms with Gasteiger partial charge in [0.05, 0.1) is 29.9 Å². The number of benzene rings is 1. The van der Waals surface area contributed by atoms with Crippen LogP contribution in [0.15, 0.2) is 76.8 Å². The number of nitrogens with zero attached hydrogens (tertiary/aromatic N) is 5. The third-order valence-electron chi connectivity index (χ3n) is 5.48. The van der Waals surface area contributed by atoms with E-state index in [1.165, 1.54) is 11.8 Å². The Labute approximate surface area is 200 Å². The molecule has 4 heterocycles. The summed E-state index contributed by atoms with van der Waals surface area (Å²) < 4.78 is 7.45. The molecule has 0 saturated heterocycles. The normalized spacial score (nSPS) is 15.5. The molecule has 0 bridgehead atoms. The first-order chi connectivity index (χ1) is 16.6. The molecule has 5 rings (SSSR count). The molecule has 0 radical (unpaired) electrons. The average molecular weight is 475 g/mol. The van der Waals surface area contributed by atoms with Crippen LogP contribution in [0.2, 0.25) is 0 Å². The van der Waals surface area contributed by atoms with Gasteiger partial charge in [-0.1, -0.05) is 23.9 Å². The highest BCUT2D eigenvalue weighted by atomic mass is 32.2. The Morgan fingerprint density at radius 2 is 2.06 bits per heavy atom. The van der Waals surface area contributed by atoms with Gasteiger partial charge in [0, 0.05) is 30.4 Å². The average Bonchev–Trinajstić information content (AvgIpc) is 3.47. The second-order valence-corrected chi connectivity index (χ2v) is 8.83. The van der Waals surface area contributed by atoms with Crippen LogP contribution in [0.4, 0.5) is 11.4 Å². The van der Waals surface area contributed by atoms with Gasteiger partial charge < -0.3 is 14.6 Å². The maximum Gasteiger partial charge on any atom is 0.237 e. The molecule has 1 N–H and O–H groups in total. The fraction of sp³-hybridized carbons (Fsp3) is 0.208. The van der Waals surface area contributed by atoms with Crippen LogP contribution < -0.4 is 10.2 Å². The third-order valence-corrected chi connectivity index (χ3v) is 6.43. The van der Waals surface area contributed by atoms with Crippen LogP contribution in [0.1, 0.15) is 19.1 Å². The highest BCUT2D eigenvalue weighted by Gasteiger charge is 2.30. The predicted molar refractivity (Wildman–Crippen MR) is 128 cm³/mol. The number of furan rings is 1. The molecule has 9 nitrogen and oxygen atoms in total. The molecule has 0 saturated carbocycles. The highest BCUT2D eigenvalue weighted by Crippen LogP contribution is 2.32. The van der Waals surface area contributed by atoms with Crippen molar-refractivity contribution in [2.75, 3.05) is 16.0 Å². The molecule has 1 atom stereocenters. The minimum atomic E-state index is -0.274. The van der Waals surface area contributed by atoms with E-state index in [0.717, 1.165) is 11.3 Å². The van der Waals surface area contributed by atoms with Gasteiger partial charge in [-0.3, -0.25) is 19.1 Å². The Hall–Kier alpha value is -3.92. The zero-order valence-corrected chi connectivity index (χ0v) is 19.2. The minimum Gasteiger partial charge on any atom is -0.467 e. The van der Waals surface area contributed by atoms with E-state index in [4.69, 9.17) is 4.42 Å². The largest absolute Gasteiger partial charge is 0.467 e. The van der Waals surface area contributed by atoms with Crippen LogP contribution in [-0.2, 0) is 16.1 Å². The quantitative estimate of drug-likeness (QED) is 0.423. The fourth-order valence-corrected chi connectivity index (χ4v) is 4.77. The molecular formula is C24H22N6O3S. The second kappa shape index (κ2) is 9.52. The molecule has 1 aromatic carbocycles. The summed E-state index contributed by atoms with van der Waals surface area (Å²) in [5.74, 6) is 1.30.